The average molecular weight is 301 g/mol. The molecule has 1 saturated carbocycles. The zero-order chi connectivity index (χ0) is 15.8. The number of rotatable bonds is 6. The van der Waals surface area contributed by atoms with Crippen molar-refractivity contribution in [2.45, 2.75) is 32.2 Å². The maximum absolute atomic E-state index is 12.2. The van der Waals surface area contributed by atoms with Gasteiger partial charge in [0.25, 0.3) is 0 Å². The molecule has 2 N–H and O–H groups in total. The van der Waals surface area contributed by atoms with Gasteiger partial charge in [0.15, 0.2) is 0 Å². The average Bonchev–Trinajstić information content (AvgIpc) is 2.58. The third-order valence-electron chi connectivity index (χ3n) is 4.08. The molecule has 0 radical (unpaired) electrons. The number of nitrogens with one attached hydrogen (secondary N) is 2. The number of carbonyl (C=O) groups excluding carboxylic acids is 2. The van der Waals surface area contributed by atoms with Gasteiger partial charge in [-0.15, -0.1) is 6.58 Å². The van der Waals surface area contributed by atoms with Crippen molar-refractivity contribution in [2.75, 3.05) is 6.54 Å². The molecule has 0 unspecified atom stereocenters. The summed E-state index contributed by atoms with van der Waals surface area (Å²) in [5, 5.41) is 5.78. The van der Waals surface area contributed by atoms with Crippen LogP contribution in [0.15, 0.2) is 37.2 Å². The van der Waals surface area contributed by atoms with E-state index in [1.165, 1.54) is 0 Å². The van der Waals surface area contributed by atoms with Crippen molar-refractivity contribution >= 4 is 11.8 Å². The number of pyridine rings is 1. The molecule has 2 amide bonds. The van der Waals surface area contributed by atoms with Crippen molar-refractivity contribution in [3.8, 4) is 0 Å². The molecule has 1 fully saturated rings. The van der Waals surface area contributed by atoms with E-state index in [0.29, 0.717) is 13.1 Å². The minimum absolute atomic E-state index is 0.0140. The highest BCUT2D eigenvalue weighted by molar-refractivity contribution is 5.81. The fourth-order valence-corrected chi connectivity index (χ4v) is 2.77. The molecule has 5 nitrogen and oxygen atoms in total. The first-order valence-corrected chi connectivity index (χ1v) is 7.76. The Morgan fingerprint density at radius 1 is 1.18 bits per heavy atom. The second kappa shape index (κ2) is 8.32. The van der Waals surface area contributed by atoms with Gasteiger partial charge in [0, 0.05) is 37.3 Å². The van der Waals surface area contributed by atoms with Gasteiger partial charge < -0.3 is 10.6 Å². The zero-order valence-electron chi connectivity index (χ0n) is 12.8. The van der Waals surface area contributed by atoms with Gasteiger partial charge in [0.1, 0.15) is 0 Å². The quantitative estimate of drug-likeness (QED) is 0.787. The Kier molecular flexibility index (Phi) is 6.13. The molecule has 0 aliphatic heterocycles. The lowest BCUT2D eigenvalue weighted by molar-refractivity contribution is -0.130. The lowest BCUT2D eigenvalue weighted by Gasteiger charge is -2.27. The maximum atomic E-state index is 12.2. The number of hydrogen-bond acceptors (Lipinski definition) is 3. The number of amides is 2. The normalized spacial score (nSPS) is 20.9. The monoisotopic (exact) mass is 301 g/mol. The molecule has 1 aliphatic rings. The standard InChI is InChI=1S/C17H23N3O2/c1-2-9-19-16(21)14-5-7-15(8-6-14)17(22)20-12-13-4-3-10-18-11-13/h2-4,10-11,14-15H,1,5-9,12H2,(H,19,21)(H,20,22). The van der Waals surface area contributed by atoms with Crippen molar-refractivity contribution in [2.24, 2.45) is 11.8 Å². The van der Waals surface area contributed by atoms with Gasteiger partial charge in [0.05, 0.1) is 0 Å². The van der Waals surface area contributed by atoms with Gasteiger partial charge in [0.2, 0.25) is 11.8 Å². The summed E-state index contributed by atoms with van der Waals surface area (Å²) in [5.41, 5.74) is 0.994. The minimum atomic E-state index is 0.0140. The van der Waals surface area contributed by atoms with Crippen LogP contribution in [0.5, 0.6) is 0 Å². The Labute approximate surface area is 131 Å². The smallest absolute Gasteiger partial charge is 0.223 e. The molecule has 2 rings (SSSR count). The number of carbonyl (C=O) groups is 2. The molecule has 1 aromatic heterocycles. The summed E-state index contributed by atoms with van der Waals surface area (Å²) in [6.45, 7) is 4.60. The first-order valence-electron chi connectivity index (χ1n) is 7.76. The highest BCUT2D eigenvalue weighted by Gasteiger charge is 2.29. The topological polar surface area (TPSA) is 71.1 Å². The maximum Gasteiger partial charge on any atom is 0.223 e. The summed E-state index contributed by atoms with van der Waals surface area (Å²) in [7, 11) is 0. The van der Waals surface area contributed by atoms with Crippen LogP contribution in [0, 0.1) is 11.8 Å². The predicted molar refractivity (Wildman–Crippen MR) is 84.7 cm³/mol. The SMILES string of the molecule is C=CCNC(=O)C1CCC(C(=O)NCc2cccnc2)CC1. The van der Waals surface area contributed by atoms with Crippen LogP contribution in [0.4, 0.5) is 0 Å². The fraction of sp³-hybridized carbons (Fsp3) is 0.471. The Hall–Kier alpha value is -2.17. The van der Waals surface area contributed by atoms with Crippen LogP contribution in [0.3, 0.4) is 0 Å². The van der Waals surface area contributed by atoms with Crippen molar-refractivity contribution in [3.63, 3.8) is 0 Å². The molecule has 1 aliphatic carbocycles. The summed E-state index contributed by atoms with van der Waals surface area (Å²) in [6.07, 6.45) is 8.22. The van der Waals surface area contributed by atoms with Crippen LogP contribution in [0.1, 0.15) is 31.2 Å². The van der Waals surface area contributed by atoms with Crippen LogP contribution >= 0.6 is 0 Å². The number of aromatic nitrogens is 1. The highest BCUT2D eigenvalue weighted by Crippen LogP contribution is 2.29. The van der Waals surface area contributed by atoms with Crippen LogP contribution in [0.25, 0.3) is 0 Å². The first kappa shape index (κ1) is 16.2. The van der Waals surface area contributed by atoms with Gasteiger partial charge in [-0.2, -0.15) is 0 Å². The molecule has 0 bridgehead atoms. The van der Waals surface area contributed by atoms with Crippen molar-refractivity contribution in [1.82, 2.24) is 15.6 Å². The highest BCUT2D eigenvalue weighted by atomic mass is 16.2. The van der Waals surface area contributed by atoms with Crippen LogP contribution in [-0.4, -0.2) is 23.3 Å². The summed E-state index contributed by atoms with van der Waals surface area (Å²) >= 11 is 0. The molecule has 1 aromatic rings. The van der Waals surface area contributed by atoms with Gasteiger partial charge in [-0.05, 0) is 37.3 Å². The third-order valence-corrected chi connectivity index (χ3v) is 4.08. The predicted octanol–water partition coefficient (Wildman–Crippen LogP) is 1.81. The van der Waals surface area contributed by atoms with Crippen molar-refractivity contribution < 1.29 is 9.59 Å². The van der Waals surface area contributed by atoms with Crippen LogP contribution in [-0.2, 0) is 16.1 Å². The molecule has 22 heavy (non-hydrogen) atoms. The van der Waals surface area contributed by atoms with Crippen LogP contribution < -0.4 is 10.6 Å². The Bertz CT molecular complexity index is 508. The molecule has 5 heteroatoms. The van der Waals surface area contributed by atoms with E-state index in [1.807, 2.05) is 12.1 Å². The molecule has 0 spiro atoms. The van der Waals surface area contributed by atoms with Gasteiger partial charge in [-0.3, -0.25) is 14.6 Å². The van der Waals surface area contributed by atoms with E-state index >= 15 is 0 Å². The van der Waals surface area contributed by atoms with E-state index in [9.17, 15) is 9.59 Å². The molecule has 0 saturated heterocycles. The molecule has 1 heterocycles. The molecule has 118 valence electrons. The number of nitrogens with zero attached hydrogens (tertiary/aromatic N) is 1. The van der Waals surface area contributed by atoms with E-state index in [0.717, 1.165) is 31.2 Å². The minimum Gasteiger partial charge on any atom is -0.352 e. The Balaban J connectivity index is 1.73. The Morgan fingerprint density at radius 2 is 1.82 bits per heavy atom. The lowest BCUT2D eigenvalue weighted by Crippen LogP contribution is -2.37. The second-order valence-electron chi connectivity index (χ2n) is 5.66. The van der Waals surface area contributed by atoms with Crippen LogP contribution in [0.2, 0.25) is 0 Å². The zero-order valence-corrected chi connectivity index (χ0v) is 12.8. The third kappa shape index (κ3) is 4.69. The second-order valence-corrected chi connectivity index (χ2v) is 5.66. The van der Waals surface area contributed by atoms with E-state index in [4.69, 9.17) is 0 Å². The van der Waals surface area contributed by atoms with E-state index < -0.39 is 0 Å². The number of hydrogen-bond donors (Lipinski definition) is 2. The van der Waals surface area contributed by atoms with E-state index in [1.54, 1.807) is 18.5 Å². The molecular formula is C17H23N3O2. The molecule has 0 atom stereocenters. The van der Waals surface area contributed by atoms with Crippen molar-refractivity contribution in [3.05, 3.63) is 42.7 Å². The first-order chi connectivity index (χ1) is 10.7. The van der Waals surface area contributed by atoms with E-state index in [2.05, 4.69) is 22.2 Å². The molecule has 0 aromatic carbocycles. The molecular weight excluding hydrogens is 278 g/mol. The van der Waals surface area contributed by atoms with Gasteiger partial charge in [-0.25, -0.2) is 0 Å². The largest absolute Gasteiger partial charge is 0.352 e. The summed E-state index contributed by atoms with van der Waals surface area (Å²) in [4.78, 5) is 28.1. The Morgan fingerprint density at radius 3 is 2.36 bits per heavy atom. The van der Waals surface area contributed by atoms with Crippen molar-refractivity contribution in [1.29, 1.82) is 0 Å². The summed E-state index contributed by atoms with van der Waals surface area (Å²) < 4.78 is 0. The summed E-state index contributed by atoms with van der Waals surface area (Å²) in [5.74, 6) is 0.199. The van der Waals surface area contributed by atoms with Gasteiger partial charge >= 0.3 is 0 Å². The summed E-state index contributed by atoms with van der Waals surface area (Å²) in [6, 6.07) is 3.79. The fourth-order valence-electron chi connectivity index (χ4n) is 2.77. The van der Waals surface area contributed by atoms with E-state index in [-0.39, 0.29) is 23.7 Å². The lowest BCUT2D eigenvalue weighted by atomic mass is 9.81. The van der Waals surface area contributed by atoms with Gasteiger partial charge in [-0.1, -0.05) is 12.1 Å².